The summed E-state index contributed by atoms with van der Waals surface area (Å²) >= 11 is 0. The molecule has 9 atom stereocenters. The quantitative estimate of drug-likeness (QED) is 0.308. The van der Waals surface area contributed by atoms with E-state index in [9.17, 15) is 24.3 Å². The number of rotatable bonds is 5. The van der Waals surface area contributed by atoms with E-state index in [1.165, 1.54) is 21.0 Å². The van der Waals surface area contributed by atoms with Crippen molar-refractivity contribution in [1.82, 2.24) is 0 Å². The number of fused-ring (bicyclic) bond motifs is 2. The largest absolute Gasteiger partial charge is 0.472 e. The molecule has 1 aromatic rings. The molecule has 2 aliphatic heterocycles. The monoisotopic (exact) mass is 586 g/mol. The molecule has 9 unspecified atom stereocenters. The van der Waals surface area contributed by atoms with Gasteiger partial charge in [0.15, 0.2) is 5.78 Å². The summed E-state index contributed by atoms with van der Waals surface area (Å²) in [7, 11) is 1.30. The summed E-state index contributed by atoms with van der Waals surface area (Å²) < 4.78 is 35.8. The van der Waals surface area contributed by atoms with Crippen molar-refractivity contribution < 1.29 is 52.4 Å². The van der Waals surface area contributed by atoms with Crippen molar-refractivity contribution in [2.24, 2.45) is 22.7 Å². The number of hydrogen-bond acceptors (Lipinski definition) is 11. The van der Waals surface area contributed by atoms with Crippen LogP contribution in [0.3, 0.4) is 0 Å². The first-order valence-electron chi connectivity index (χ1n) is 14.5. The zero-order chi connectivity index (χ0) is 30.4. The first-order chi connectivity index (χ1) is 19.7. The average molecular weight is 587 g/mol. The Balaban J connectivity index is 1.66. The maximum atomic E-state index is 13.8. The molecule has 0 bridgehead atoms. The molecule has 0 radical (unpaired) electrons. The summed E-state index contributed by atoms with van der Waals surface area (Å²) in [6.45, 7) is 8.04. The molecule has 1 N–H and O–H groups in total. The molecule has 11 nitrogen and oxygen atoms in total. The molecule has 42 heavy (non-hydrogen) atoms. The van der Waals surface area contributed by atoms with Gasteiger partial charge in [0, 0.05) is 48.9 Å². The Morgan fingerprint density at radius 3 is 2.45 bits per heavy atom. The SMILES string of the molecule is COC(=O)CC1C(C)(C)OC23OCC4=C5C(O)CC(c6ccoc6)C5(C)C(OC(C)=O)C(OC(C)=O)C4C12CCC3=O. The number of methoxy groups -OCH3 is 1. The number of ketones is 1. The number of carbonyl (C=O) groups excluding carboxylic acids is 4. The highest BCUT2D eigenvalue weighted by atomic mass is 16.7. The van der Waals surface area contributed by atoms with Crippen molar-refractivity contribution in [3.8, 4) is 0 Å². The molecular formula is C31H38O11. The highest BCUT2D eigenvalue weighted by molar-refractivity contribution is 5.91. The topological polar surface area (TPSA) is 148 Å². The van der Waals surface area contributed by atoms with Gasteiger partial charge in [0.25, 0.3) is 0 Å². The number of aliphatic hydroxyl groups is 1. The number of carbonyl (C=O) groups is 4. The van der Waals surface area contributed by atoms with Gasteiger partial charge >= 0.3 is 17.9 Å². The molecule has 2 saturated heterocycles. The fraction of sp³-hybridized carbons (Fsp3) is 0.677. The van der Waals surface area contributed by atoms with Gasteiger partial charge < -0.3 is 33.2 Å². The molecule has 3 heterocycles. The van der Waals surface area contributed by atoms with E-state index in [0.717, 1.165) is 5.56 Å². The summed E-state index contributed by atoms with van der Waals surface area (Å²) in [5.41, 5.74) is -1.09. The molecule has 11 heteroatoms. The van der Waals surface area contributed by atoms with Crippen LogP contribution < -0.4 is 0 Å². The van der Waals surface area contributed by atoms with Crippen molar-refractivity contribution in [3.63, 3.8) is 0 Å². The van der Waals surface area contributed by atoms with Crippen molar-refractivity contribution >= 4 is 23.7 Å². The molecule has 1 aromatic heterocycles. The highest BCUT2D eigenvalue weighted by Gasteiger charge is 2.82. The highest BCUT2D eigenvalue weighted by Crippen LogP contribution is 2.74. The van der Waals surface area contributed by atoms with Crippen LogP contribution in [-0.4, -0.2) is 72.2 Å². The zero-order valence-corrected chi connectivity index (χ0v) is 24.8. The Kier molecular flexibility index (Phi) is 6.57. The van der Waals surface area contributed by atoms with Crippen LogP contribution in [0.1, 0.15) is 71.8 Å². The minimum Gasteiger partial charge on any atom is -0.472 e. The molecular weight excluding hydrogens is 548 g/mol. The number of aliphatic hydroxyl groups excluding tert-OH is 1. The Labute approximate surface area is 243 Å². The van der Waals surface area contributed by atoms with E-state index in [4.69, 9.17) is 28.1 Å². The van der Waals surface area contributed by atoms with Crippen LogP contribution in [0.5, 0.6) is 0 Å². The first kappa shape index (κ1) is 29.1. The van der Waals surface area contributed by atoms with Crippen molar-refractivity contribution in [2.75, 3.05) is 13.7 Å². The second-order valence-corrected chi connectivity index (χ2v) is 13.1. The lowest BCUT2D eigenvalue weighted by atomic mass is 9.49. The molecule has 6 rings (SSSR count). The number of ether oxygens (including phenoxy) is 5. The second kappa shape index (κ2) is 9.49. The third-order valence-corrected chi connectivity index (χ3v) is 10.8. The number of hydrogen-bond donors (Lipinski definition) is 1. The van der Waals surface area contributed by atoms with Gasteiger partial charge in [-0.1, -0.05) is 6.92 Å². The Bertz CT molecular complexity index is 1360. The van der Waals surface area contributed by atoms with E-state index in [1.807, 2.05) is 26.8 Å². The van der Waals surface area contributed by atoms with E-state index >= 15 is 0 Å². The minimum atomic E-state index is -1.72. The smallest absolute Gasteiger partial charge is 0.305 e. The van der Waals surface area contributed by atoms with E-state index in [0.29, 0.717) is 17.6 Å². The number of esters is 3. The van der Waals surface area contributed by atoms with Crippen molar-refractivity contribution in [1.29, 1.82) is 0 Å². The van der Waals surface area contributed by atoms with Crippen LogP contribution in [0.2, 0.25) is 0 Å². The Morgan fingerprint density at radius 2 is 1.83 bits per heavy atom. The molecule has 0 spiro atoms. The van der Waals surface area contributed by atoms with Crippen LogP contribution >= 0.6 is 0 Å². The van der Waals surface area contributed by atoms with Gasteiger partial charge in [-0.05, 0) is 49.5 Å². The van der Waals surface area contributed by atoms with Crippen LogP contribution in [-0.2, 0) is 42.9 Å². The average Bonchev–Trinajstić information content (AvgIpc) is 3.64. The maximum absolute atomic E-state index is 13.8. The summed E-state index contributed by atoms with van der Waals surface area (Å²) in [6, 6.07) is 1.81. The van der Waals surface area contributed by atoms with Gasteiger partial charge in [0.2, 0.25) is 5.79 Å². The molecule has 3 aliphatic carbocycles. The lowest BCUT2D eigenvalue weighted by Crippen LogP contribution is -2.67. The van der Waals surface area contributed by atoms with E-state index in [1.54, 1.807) is 12.5 Å². The maximum Gasteiger partial charge on any atom is 0.305 e. The number of Topliss-reactive ketones (excluding diaryl/α,β-unsaturated/α-hetero) is 1. The van der Waals surface area contributed by atoms with Crippen molar-refractivity contribution in [3.05, 3.63) is 35.3 Å². The van der Waals surface area contributed by atoms with Gasteiger partial charge in [-0.25, -0.2) is 0 Å². The van der Waals surface area contributed by atoms with Gasteiger partial charge in [-0.2, -0.15) is 0 Å². The third kappa shape index (κ3) is 3.62. The summed E-state index contributed by atoms with van der Waals surface area (Å²) in [4.78, 5) is 52.2. The molecule has 0 aromatic carbocycles. The number of furan rings is 1. The molecule has 2 saturated carbocycles. The fourth-order valence-corrected chi connectivity index (χ4v) is 9.55. The normalized spacial score (nSPS) is 41.5. The van der Waals surface area contributed by atoms with Crippen LogP contribution in [0, 0.1) is 22.7 Å². The Hall–Kier alpha value is -3.02. The summed E-state index contributed by atoms with van der Waals surface area (Å²) in [5, 5.41) is 11.7. The van der Waals surface area contributed by atoms with Gasteiger partial charge in [-0.3, -0.25) is 19.2 Å². The third-order valence-electron chi connectivity index (χ3n) is 10.8. The van der Waals surface area contributed by atoms with E-state index in [2.05, 4.69) is 0 Å². The van der Waals surface area contributed by atoms with Gasteiger partial charge in [0.1, 0.15) is 12.2 Å². The van der Waals surface area contributed by atoms with Crippen LogP contribution in [0.25, 0.3) is 0 Å². The lowest BCUT2D eigenvalue weighted by molar-refractivity contribution is -0.284. The summed E-state index contributed by atoms with van der Waals surface area (Å²) in [5.74, 6) is -5.35. The first-order valence-corrected chi connectivity index (χ1v) is 14.5. The van der Waals surface area contributed by atoms with E-state index < -0.39 is 70.3 Å². The fourth-order valence-electron chi connectivity index (χ4n) is 9.55. The second-order valence-electron chi connectivity index (χ2n) is 13.1. The molecule has 5 aliphatic rings. The van der Waals surface area contributed by atoms with Crippen LogP contribution in [0.15, 0.2) is 34.2 Å². The summed E-state index contributed by atoms with van der Waals surface area (Å²) in [6.07, 6.45) is 0.719. The van der Waals surface area contributed by atoms with Crippen LogP contribution in [0.4, 0.5) is 0 Å². The van der Waals surface area contributed by atoms with Crippen molar-refractivity contribution in [2.45, 2.75) is 95.9 Å². The predicted octanol–water partition coefficient (Wildman–Crippen LogP) is 2.99. The van der Waals surface area contributed by atoms with E-state index in [-0.39, 0.29) is 37.6 Å². The minimum absolute atomic E-state index is 0.0656. The van der Waals surface area contributed by atoms with Gasteiger partial charge in [-0.15, -0.1) is 0 Å². The standard InChI is InChI=1S/C31H38O11/c1-15(32)40-26-25-18(24-20(34)11-19(17-8-10-38-13-17)29(24,5)27(26)41-16(2)33)14-39-31-22(35)7-9-30(25,31)21(12-23(36)37-6)28(3,4)42-31/h8,10,13,19-21,25-27,34H,7,9,11-12,14H2,1-6H3. The predicted molar refractivity (Wildman–Crippen MR) is 142 cm³/mol. The zero-order valence-electron chi connectivity index (χ0n) is 24.8. The van der Waals surface area contributed by atoms with Gasteiger partial charge in [0.05, 0.1) is 44.4 Å². The molecule has 0 amide bonds. The Morgan fingerprint density at radius 1 is 1.12 bits per heavy atom. The lowest BCUT2D eigenvalue weighted by Gasteiger charge is -2.59. The molecule has 4 fully saturated rings. The molecule has 228 valence electrons.